The molecule has 2 heteroatoms. The SMILES string of the molecule is CC(C)CC(CO)CC1CCC2(CCCC2)O1. The van der Waals surface area contributed by atoms with Crippen molar-refractivity contribution in [1.82, 2.24) is 0 Å². The first-order valence-corrected chi connectivity index (χ1v) is 7.42. The van der Waals surface area contributed by atoms with Gasteiger partial charge in [0.1, 0.15) is 0 Å². The van der Waals surface area contributed by atoms with Crippen molar-refractivity contribution in [1.29, 1.82) is 0 Å². The average Bonchev–Trinajstić information content (AvgIpc) is 2.89. The summed E-state index contributed by atoms with van der Waals surface area (Å²) in [6.07, 6.45) is 10.3. The van der Waals surface area contributed by atoms with E-state index in [4.69, 9.17) is 4.74 Å². The molecule has 1 spiro atoms. The molecule has 0 aromatic carbocycles. The number of hydrogen-bond acceptors (Lipinski definition) is 2. The number of ether oxygens (including phenoxy) is 1. The zero-order valence-electron chi connectivity index (χ0n) is 11.5. The molecule has 0 radical (unpaired) electrons. The molecule has 17 heavy (non-hydrogen) atoms. The standard InChI is InChI=1S/C15H28O2/c1-12(2)9-13(11-16)10-14-5-8-15(17-14)6-3-4-7-15/h12-14,16H,3-11H2,1-2H3. The predicted octanol–water partition coefficient (Wildman–Crippen LogP) is 3.52. The Morgan fingerprint density at radius 2 is 1.94 bits per heavy atom. The van der Waals surface area contributed by atoms with Crippen molar-refractivity contribution in [2.75, 3.05) is 6.61 Å². The van der Waals surface area contributed by atoms with Crippen molar-refractivity contribution < 1.29 is 9.84 Å². The highest BCUT2D eigenvalue weighted by Gasteiger charge is 2.42. The maximum Gasteiger partial charge on any atom is 0.0687 e. The van der Waals surface area contributed by atoms with Crippen molar-refractivity contribution in [2.24, 2.45) is 11.8 Å². The summed E-state index contributed by atoms with van der Waals surface area (Å²) in [4.78, 5) is 0. The minimum Gasteiger partial charge on any atom is -0.396 e. The third-order valence-corrected chi connectivity index (χ3v) is 4.51. The molecule has 1 N–H and O–H groups in total. The van der Waals surface area contributed by atoms with Gasteiger partial charge in [0.2, 0.25) is 0 Å². The molecule has 2 atom stereocenters. The van der Waals surface area contributed by atoms with Crippen molar-refractivity contribution >= 4 is 0 Å². The van der Waals surface area contributed by atoms with Crippen LogP contribution in [0.25, 0.3) is 0 Å². The molecule has 1 aliphatic heterocycles. The zero-order valence-corrected chi connectivity index (χ0v) is 11.5. The van der Waals surface area contributed by atoms with Gasteiger partial charge in [-0.2, -0.15) is 0 Å². The Labute approximate surface area is 106 Å². The molecule has 0 aromatic rings. The number of rotatable bonds is 5. The lowest BCUT2D eigenvalue weighted by molar-refractivity contribution is -0.0477. The lowest BCUT2D eigenvalue weighted by atomic mass is 9.91. The van der Waals surface area contributed by atoms with Gasteiger partial charge in [-0.15, -0.1) is 0 Å². The molecular weight excluding hydrogens is 212 g/mol. The van der Waals surface area contributed by atoms with E-state index in [1.807, 2.05) is 0 Å². The molecule has 2 unspecified atom stereocenters. The third-order valence-electron chi connectivity index (χ3n) is 4.51. The Hall–Kier alpha value is -0.0800. The van der Waals surface area contributed by atoms with E-state index in [0.29, 0.717) is 24.5 Å². The van der Waals surface area contributed by atoms with E-state index in [2.05, 4.69) is 13.8 Å². The van der Waals surface area contributed by atoms with Crippen LogP contribution in [0.4, 0.5) is 0 Å². The quantitative estimate of drug-likeness (QED) is 0.796. The van der Waals surface area contributed by atoms with Crippen molar-refractivity contribution in [3.8, 4) is 0 Å². The fraction of sp³-hybridized carbons (Fsp3) is 1.00. The zero-order chi connectivity index (χ0) is 12.3. The van der Waals surface area contributed by atoms with Gasteiger partial charge in [0, 0.05) is 6.61 Å². The molecule has 1 aliphatic carbocycles. The fourth-order valence-corrected chi connectivity index (χ4v) is 3.73. The second-order valence-electron chi connectivity index (χ2n) is 6.58. The molecule has 0 amide bonds. The Morgan fingerprint density at radius 3 is 2.53 bits per heavy atom. The minimum absolute atomic E-state index is 0.252. The molecule has 1 saturated carbocycles. The summed E-state index contributed by atoms with van der Waals surface area (Å²) in [5, 5.41) is 9.44. The van der Waals surface area contributed by atoms with Crippen molar-refractivity contribution in [3.63, 3.8) is 0 Å². The first-order chi connectivity index (χ1) is 8.13. The van der Waals surface area contributed by atoms with Crippen LogP contribution in [0.15, 0.2) is 0 Å². The summed E-state index contributed by atoms with van der Waals surface area (Å²) in [5.74, 6) is 1.12. The summed E-state index contributed by atoms with van der Waals surface area (Å²) in [7, 11) is 0. The maximum atomic E-state index is 9.44. The van der Waals surface area contributed by atoms with E-state index in [1.54, 1.807) is 0 Å². The molecule has 2 nitrogen and oxygen atoms in total. The predicted molar refractivity (Wildman–Crippen MR) is 70.0 cm³/mol. The van der Waals surface area contributed by atoms with Gasteiger partial charge >= 0.3 is 0 Å². The van der Waals surface area contributed by atoms with Crippen molar-refractivity contribution in [3.05, 3.63) is 0 Å². The molecular formula is C15H28O2. The van der Waals surface area contributed by atoms with Crippen molar-refractivity contribution in [2.45, 2.75) is 76.9 Å². The van der Waals surface area contributed by atoms with Gasteiger partial charge in [-0.1, -0.05) is 26.7 Å². The van der Waals surface area contributed by atoms with Gasteiger partial charge in [0.25, 0.3) is 0 Å². The van der Waals surface area contributed by atoms with Gasteiger partial charge in [-0.3, -0.25) is 0 Å². The van der Waals surface area contributed by atoms with Crippen LogP contribution >= 0.6 is 0 Å². The van der Waals surface area contributed by atoms with E-state index >= 15 is 0 Å². The molecule has 0 bridgehead atoms. The average molecular weight is 240 g/mol. The van der Waals surface area contributed by atoms with Gasteiger partial charge in [0.05, 0.1) is 11.7 Å². The summed E-state index contributed by atoms with van der Waals surface area (Å²) in [6.45, 7) is 4.79. The summed E-state index contributed by atoms with van der Waals surface area (Å²) in [5.41, 5.74) is 0.252. The molecule has 0 aromatic heterocycles. The Bertz CT molecular complexity index is 231. The van der Waals surface area contributed by atoms with Crippen LogP contribution < -0.4 is 0 Å². The lowest BCUT2D eigenvalue weighted by Gasteiger charge is -2.26. The van der Waals surface area contributed by atoms with Crippen LogP contribution in [0.2, 0.25) is 0 Å². The van der Waals surface area contributed by atoms with Crippen LogP contribution in [0.1, 0.15) is 65.2 Å². The van der Waals surface area contributed by atoms with Crippen LogP contribution in [0.3, 0.4) is 0 Å². The molecule has 1 saturated heterocycles. The van der Waals surface area contributed by atoms with Gasteiger partial charge in [-0.05, 0) is 50.4 Å². The monoisotopic (exact) mass is 240 g/mol. The minimum atomic E-state index is 0.252. The summed E-state index contributed by atoms with van der Waals surface area (Å²) in [6, 6.07) is 0. The van der Waals surface area contributed by atoms with E-state index in [0.717, 1.165) is 12.8 Å². The largest absolute Gasteiger partial charge is 0.396 e. The Balaban J connectivity index is 1.79. The van der Waals surface area contributed by atoms with Crippen LogP contribution in [0.5, 0.6) is 0 Å². The molecule has 100 valence electrons. The second-order valence-corrected chi connectivity index (χ2v) is 6.58. The highest BCUT2D eigenvalue weighted by molar-refractivity contribution is 4.93. The highest BCUT2D eigenvalue weighted by atomic mass is 16.5. The molecule has 2 fully saturated rings. The topological polar surface area (TPSA) is 29.5 Å². The van der Waals surface area contributed by atoms with Crippen LogP contribution in [-0.2, 0) is 4.74 Å². The Morgan fingerprint density at radius 1 is 1.24 bits per heavy atom. The Kier molecular flexibility index (Phi) is 4.48. The molecule has 1 heterocycles. The third kappa shape index (κ3) is 3.45. The first-order valence-electron chi connectivity index (χ1n) is 7.42. The van der Waals surface area contributed by atoms with E-state index in [9.17, 15) is 5.11 Å². The lowest BCUT2D eigenvalue weighted by Crippen LogP contribution is -2.26. The van der Waals surface area contributed by atoms with Gasteiger partial charge in [0.15, 0.2) is 0 Å². The van der Waals surface area contributed by atoms with E-state index in [-0.39, 0.29) is 5.60 Å². The summed E-state index contributed by atoms with van der Waals surface area (Å²) < 4.78 is 6.31. The number of aliphatic hydroxyl groups excluding tert-OH is 1. The van der Waals surface area contributed by atoms with Gasteiger partial charge in [-0.25, -0.2) is 0 Å². The molecule has 2 aliphatic rings. The van der Waals surface area contributed by atoms with Crippen LogP contribution in [-0.4, -0.2) is 23.4 Å². The number of aliphatic hydroxyl groups is 1. The highest BCUT2D eigenvalue weighted by Crippen LogP contribution is 2.44. The normalized spacial score (nSPS) is 29.3. The van der Waals surface area contributed by atoms with E-state index < -0.39 is 0 Å². The first kappa shape index (κ1) is 13.4. The number of hydrogen-bond donors (Lipinski definition) is 1. The van der Waals surface area contributed by atoms with Gasteiger partial charge < -0.3 is 9.84 Å². The smallest absolute Gasteiger partial charge is 0.0687 e. The van der Waals surface area contributed by atoms with Crippen LogP contribution in [0, 0.1) is 11.8 Å². The fourth-order valence-electron chi connectivity index (χ4n) is 3.73. The maximum absolute atomic E-state index is 9.44. The molecule has 2 rings (SSSR count). The second kappa shape index (κ2) is 5.71. The van der Waals surface area contributed by atoms with E-state index in [1.165, 1.54) is 38.5 Å². The summed E-state index contributed by atoms with van der Waals surface area (Å²) >= 11 is 0.